The van der Waals surface area contributed by atoms with Crippen molar-refractivity contribution in [2.75, 3.05) is 19.7 Å². The number of carboxylic acids is 1. The lowest BCUT2D eigenvalue weighted by Gasteiger charge is -2.21. The third kappa shape index (κ3) is 4.67. The lowest BCUT2D eigenvalue weighted by atomic mass is 9.89. The Bertz CT molecular complexity index is 762. The summed E-state index contributed by atoms with van der Waals surface area (Å²) in [6.07, 6.45) is 0.595. The van der Waals surface area contributed by atoms with Crippen LogP contribution in [0.15, 0.2) is 60.7 Å². The molecule has 1 heterocycles. The molecule has 3 atom stereocenters. The fourth-order valence-corrected chi connectivity index (χ4v) is 3.58. The largest absolute Gasteiger partial charge is 0.494 e. The number of hydrogen-bond donors (Lipinski definition) is 1. The molecule has 142 valence electrons. The molecule has 1 amide bonds. The number of ether oxygens (including phenoxy) is 1. The number of hydrogen-bond acceptors (Lipinski definition) is 3. The standard InChI is InChI=1S/C22H25NO4/c1-16(12-13-27-18-10-6-3-7-11-18)21(24)23-14-19(20(15-23)22(25)26)17-8-4-2-5-9-17/h2-11,16,19-20H,12-15H2,1H3,(H,25,26)/t16?,19-,20-/m0/s1. The first kappa shape index (κ1) is 19.0. The van der Waals surface area contributed by atoms with E-state index in [9.17, 15) is 14.7 Å². The van der Waals surface area contributed by atoms with E-state index in [0.29, 0.717) is 19.6 Å². The predicted molar refractivity (Wildman–Crippen MR) is 103 cm³/mol. The fourth-order valence-electron chi connectivity index (χ4n) is 3.58. The van der Waals surface area contributed by atoms with Crippen LogP contribution in [0.25, 0.3) is 0 Å². The minimum Gasteiger partial charge on any atom is -0.494 e. The number of nitrogens with zero attached hydrogens (tertiary/aromatic N) is 1. The van der Waals surface area contributed by atoms with Crippen LogP contribution in [0.4, 0.5) is 0 Å². The molecule has 27 heavy (non-hydrogen) atoms. The van der Waals surface area contributed by atoms with E-state index < -0.39 is 11.9 Å². The Morgan fingerprint density at radius 3 is 2.33 bits per heavy atom. The smallest absolute Gasteiger partial charge is 0.308 e. The average Bonchev–Trinajstić information content (AvgIpc) is 3.14. The lowest BCUT2D eigenvalue weighted by molar-refractivity contribution is -0.142. The van der Waals surface area contributed by atoms with Crippen molar-refractivity contribution in [3.63, 3.8) is 0 Å². The Morgan fingerprint density at radius 2 is 1.70 bits per heavy atom. The fraction of sp³-hybridized carbons (Fsp3) is 0.364. The Kier molecular flexibility index (Phi) is 6.12. The molecule has 1 aliphatic heterocycles. The number of amides is 1. The van der Waals surface area contributed by atoms with Gasteiger partial charge in [0.15, 0.2) is 0 Å². The van der Waals surface area contributed by atoms with E-state index in [1.54, 1.807) is 4.90 Å². The number of likely N-dealkylation sites (tertiary alicyclic amines) is 1. The molecular formula is C22H25NO4. The van der Waals surface area contributed by atoms with Gasteiger partial charge < -0.3 is 14.7 Å². The average molecular weight is 367 g/mol. The lowest BCUT2D eigenvalue weighted by Crippen LogP contribution is -2.34. The molecule has 3 rings (SSSR count). The normalized spacial score (nSPS) is 20.3. The van der Waals surface area contributed by atoms with E-state index in [2.05, 4.69) is 0 Å². The summed E-state index contributed by atoms with van der Waals surface area (Å²) >= 11 is 0. The topological polar surface area (TPSA) is 66.8 Å². The highest BCUT2D eigenvalue weighted by atomic mass is 16.5. The number of carboxylic acid groups (broad SMARTS) is 1. The first-order valence-corrected chi connectivity index (χ1v) is 9.30. The van der Waals surface area contributed by atoms with Gasteiger partial charge >= 0.3 is 5.97 Å². The van der Waals surface area contributed by atoms with Crippen LogP contribution in [0.2, 0.25) is 0 Å². The van der Waals surface area contributed by atoms with E-state index in [0.717, 1.165) is 11.3 Å². The van der Waals surface area contributed by atoms with Gasteiger partial charge in [-0.3, -0.25) is 9.59 Å². The van der Waals surface area contributed by atoms with E-state index in [-0.39, 0.29) is 24.3 Å². The van der Waals surface area contributed by atoms with E-state index in [1.807, 2.05) is 67.6 Å². The molecule has 0 spiro atoms. The highest BCUT2D eigenvalue weighted by Gasteiger charge is 2.41. The molecule has 1 unspecified atom stereocenters. The second-order valence-electron chi connectivity index (χ2n) is 7.06. The van der Waals surface area contributed by atoms with Crippen LogP contribution < -0.4 is 4.74 Å². The van der Waals surface area contributed by atoms with Crippen molar-refractivity contribution in [2.45, 2.75) is 19.3 Å². The van der Waals surface area contributed by atoms with Crippen molar-refractivity contribution < 1.29 is 19.4 Å². The number of carbonyl (C=O) groups is 2. The Labute approximate surface area is 159 Å². The molecule has 1 aliphatic rings. The molecule has 2 aromatic rings. The summed E-state index contributed by atoms with van der Waals surface area (Å²) < 4.78 is 5.67. The molecule has 5 heteroatoms. The molecule has 0 aromatic heterocycles. The van der Waals surface area contributed by atoms with Gasteiger partial charge in [-0.15, -0.1) is 0 Å². The first-order chi connectivity index (χ1) is 13.1. The molecule has 0 bridgehead atoms. The third-order valence-electron chi connectivity index (χ3n) is 5.16. The van der Waals surface area contributed by atoms with Gasteiger partial charge in [0, 0.05) is 24.9 Å². The van der Waals surface area contributed by atoms with E-state index >= 15 is 0 Å². The zero-order valence-corrected chi connectivity index (χ0v) is 15.5. The van der Waals surface area contributed by atoms with Gasteiger partial charge in [0.1, 0.15) is 5.75 Å². The molecule has 1 saturated heterocycles. The number of aliphatic carboxylic acids is 1. The Balaban J connectivity index is 1.58. The van der Waals surface area contributed by atoms with Crippen LogP contribution in [-0.4, -0.2) is 41.6 Å². The molecule has 2 aromatic carbocycles. The molecule has 1 N–H and O–H groups in total. The summed E-state index contributed by atoms with van der Waals surface area (Å²) in [6.45, 7) is 3.04. The SMILES string of the molecule is CC(CCOc1ccccc1)C(=O)N1C[C@H](C(=O)O)[C@H](c2ccccc2)C1. The summed E-state index contributed by atoms with van der Waals surface area (Å²) in [5.41, 5.74) is 0.972. The van der Waals surface area contributed by atoms with Gasteiger partial charge in [-0.1, -0.05) is 55.5 Å². The summed E-state index contributed by atoms with van der Waals surface area (Å²) in [6, 6.07) is 19.1. The van der Waals surface area contributed by atoms with Crippen LogP contribution in [0, 0.1) is 11.8 Å². The molecule has 0 radical (unpaired) electrons. The van der Waals surface area contributed by atoms with Gasteiger partial charge in [0.2, 0.25) is 5.91 Å². The maximum Gasteiger partial charge on any atom is 0.308 e. The zero-order valence-electron chi connectivity index (χ0n) is 15.5. The molecule has 1 fully saturated rings. The van der Waals surface area contributed by atoms with Crippen LogP contribution >= 0.6 is 0 Å². The molecule has 0 aliphatic carbocycles. The zero-order chi connectivity index (χ0) is 19.2. The van der Waals surface area contributed by atoms with Crippen molar-refractivity contribution in [3.05, 3.63) is 66.2 Å². The van der Waals surface area contributed by atoms with E-state index in [1.165, 1.54) is 0 Å². The minimum absolute atomic E-state index is 0.00339. The van der Waals surface area contributed by atoms with Crippen molar-refractivity contribution in [3.8, 4) is 5.75 Å². The van der Waals surface area contributed by atoms with Crippen LogP contribution in [0.1, 0.15) is 24.8 Å². The summed E-state index contributed by atoms with van der Waals surface area (Å²) in [5, 5.41) is 9.59. The van der Waals surface area contributed by atoms with Crippen molar-refractivity contribution in [1.82, 2.24) is 4.90 Å². The highest BCUT2D eigenvalue weighted by molar-refractivity contribution is 5.81. The Morgan fingerprint density at radius 1 is 1.07 bits per heavy atom. The minimum atomic E-state index is -0.848. The van der Waals surface area contributed by atoms with Gasteiger partial charge in [-0.2, -0.15) is 0 Å². The second-order valence-corrected chi connectivity index (χ2v) is 7.06. The predicted octanol–water partition coefficient (Wildman–Crippen LogP) is 3.42. The summed E-state index contributed by atoms with van der Waals surface area (Å²) in [5.74, 6) is -1.01. The maximum absolute atomic E-state index is 12.8. The Hall–Kier alpha value is -2.82. The van der Waals surface area contributed by atoms with Gasteiger partial charge in [-0.25, -0.2) is 0 Å². The number of benzene rings is 2. The van der Waals surface area contributed by atoms with Gasteiger partial charge in [-0.05, 0) is 24.1 Å². The maximum atomic E-state index is 12.8. The first-order valence-electron chi connectivity index (χ1n) is 9.30. The second kappa shape index (κ2) is 8.71. The van der Waals surface area contributed by atoms with E-state index in [4.69, 9.17) is 4.74 Å². The van der Waals surface area contributed by atoms with Gasteiger partial charge in [0.05, 0.1) is 12.5 Å². The van der Waals surface area contributed by atoms with Crippen molar-refractivity contribution in [1.29, 1.82) is 0 Å². The number of rotatable bonds is 7. The molecular weight excluding hydrogens is 342 g/mol. The van der Waals surface area contributed by atoms with Gasteiger partial charge in [0.25, 0.3) is 0 Å². The van der Waals surface area contributed by atoms with Crippen LogP contribution in [0.5, 0.6) is 5.75 Å². The molecule has 5 nitrogen and oxygen atoms in total. The quantitative estimate of drug-likeness (QED) is 0.814. The third-order valence-corrected chi connectivity index (χ3v) is 5.16. The van der Waals surface area contributed by atoms with Crippen LogP contribution in [0.3, 0.4) is 0 Å². The van der Waals surface area contributed by atoms with Crippen molar-refractivity contribution in [2.24, 2.45) is 11.8 Å². The summed E-state index contributed by atoms with van der Waals surface area (Å²) in [4.78, 5) is 26.2. The molecule has 0 saturated carbocycles. The number of carbonyl (C=O) groups excluding carboxylic acids is 1. The van der Waals surface area contributed by atoms with Crippen molar-refractivity contribution >= 4 is 11.9 Å². The number of para-hydroxylation sites is 1. The van der Waals surface area contributed by atoms with Crippen LogP contribution in [-0.2, 0) is 9.59 Å². The summed E-state index contributed by atoms with van der Waals surface area (Å²) in [7, 11) is 0. The highest BCUT2D eigenvalue weighted by Crippen LogP contribution is 2.33. The monoisotopic (exact) mass is 367 g/mol.